The molecule has 0 aliphatic heterocycles. The van der Waals surface area contributed by atoms with Gasteiger partial charge in [-0.1, -0.05) is 20.0 Å². The molecule has 0 fully saturated rings. The van der Waals surface area contributed by atoms with Crippen LogP contribution in [-0.4, -0.2) is 25.8 Å². The van der Waals surface area contributed by atoms with Gasteiger partial charge in [0.05, 0.1) is 13.8 Å². The molecule has 0 aromatic rings. The minimum absolute atomic E-state index is 0. The average Bonchev–Trinajstić information content (AvgIpc) is 1.85. The lowest BCUT2D eigenvalue weighted by molar-refractivity contribution is -0.139. The number of carbonyl (C=O) groups is 1. The number of hydrogen-bond donors (Lipinski definition) is 1. The molecule has 0 amide bonds. The fraction of sp³-hybridized carbons (Fsp3) is 0.833. The van der Waals surface area contributed by atoms with E-state index in [2.05, 4.69) is 0 Å². The van der Waals surface area contributed by atoms with Gasteiger partial charge in [-0.25, -0.2) is 0 Å². The maximum absolute atomic E-state index is 10.6. The number of alkyl halides is 1. The second kappa shape index (κ2) is 5.01. The highest BCUT2D eigenvalue weighted by atomic mass is 35.5. The molecule has 1 N–H and O–H groups in total. The van der Waals surface area contributed by atoms with Crippen LogP contribution in [0.15, 0.2) is 0 Å². The molecule has 0 aliphatic rings. The van der Waals surface area contributed by atoms with Gasteiger partial charge >= 0.3 is 5.97 Å². The zero-order valence-electron chi connectivity index (χ0n) is 6.93. The molecule has 1 unspecified atom stereocenters. The number of carboxylic acid groups (broad SMARTS) is 1. The molecule has 11 heavy (non-hydrogen) atoms. The van der Waals surface area contributed by atoms with E-state index in [9.17, 15) is 4.79 Å². The molecule has 5 heteroatoms. The summed E-state index contributed by atoms with van der Waals surface area (Å²) >= 11 is 5.55. The summed E-state index contributed by atoms with van der Waals surface area (Å²) in [7, 11) is -1.19. The highest BCUT2D eigenvalue weighted by Crippen LogP contribution is 2.30. The molecule has 0 bridgehead atoms. The van der Waals surface area contributed by atoms with E-state index in [1.807, 2.05) is 13.1 Å². The number of hydrogen-bond acceptors (Lipinski definition) is 1. The zero-order chi connectivity index (χ0) is 8.36. The predicted molar refractivity (Wildman–Crippen MR) is 52.8 cm³/mol. The summed E-state index contributed by atoms with van der Waals surface area (Å²) in [5.41, 5.74) is 0. The van der Waals surface area contributed by atoms with Gasteiger partial charge in [0.25, 0.3) is 0 Å². The molecule has 0 saturated heterocycles. The van der Waals surface area contributed by atoms with E-state index >= 15 is 0 Å². The molecule has 1 atom stereocenters. The van der Waals surface area contributed by atoms with Gasteiger partial charge in [0.2, 0.25) is 0 Å². The van der Waals surface area contributed by atoms with Crippen molar-refractivity contribution in [2.45, 2.75) is 25.1 Å². The van der Waals surface area contributed by atoms with Gasteiger partial charge in [0, 0.05) is 5.88 Å². The Bertz CT molecular complexity index is 141. The summed E-state index contributed by atoms with van der Waals surface area (Å²) < 4.78 is 0. The van der Waals surface area contributed by atoms with Gasteiger partial charge in [-0.3, -0.25) is 4.79 Å². The second-order valence-corrected chi connectivity index (χ2v) is 6.86. The first-order valence-electron chi connectivity index (χ1n) is 3.24. The van der Waals surface area contributed by atoms with Crippen molar-refractivity contribution in [1.82, 2.24) is 0 Å². The minimum atomic E-state index is -1.19. The Morgan fingerprint density at radius 3 is 2.00 bits per heavy atom. The van der Waals surface area contributed by atoms with Gasteiger partial charge in [-0.05, 0) is 0 Å². The van der Waals surface area contributed by atoms with E-state index in [0.29, 0.717) is 0 Å². The summed E-state index contributed by atoms with van der Waals surface area (Å²) in [5, 5.41) is 8.12. The molecule has 0 radical (unpaired) electrons. The Hall–Kier alpha value is 0.267. The fourth-order valence-corrected chi connectivity index (χ4v) is 2.30. The average molecular weight is 217 g/mol. The molecular weight excluding hydrogens is 203 g/mol. The topological polar surface area (TPSA) is 37.3 Å². The quantitative estimate of drug-likeness (QED) is 0.579. The third-order valence-corrected chi connectivity index (χ3v) is 5.85. The number of rotatable bonds is 3. The summed E-state index contributed by atoms with van der Waals surface area (Å²) in [5.74, 6) is -0.532. The van der Waals surface area contributed by atoms with Crippen LogP contribution >= 0.6 is 24.0 Å². The smallest absolute Gasteiger partial charge is 0.307 e. The Kier molecular flexibility index (Phi) is 6.30. The number of halogens is 2. The van der Waals surface area contributed by atoms with Crippen LogP contribution in [0.2, 0.25) is 18.1 Å². The van der Waals surface area contributed by atoms with Gasteiger partial charge in [-0.15, -0.1) is 24.0 Å². The summed E-state index contributed by atoms with van der Waals surface area (Å²) in [6.07, 6.45) is 0. The third-order valence-electron chi connectivity index (χ3n) is 2.04. The van der Waals surface area contributed by atoms with Crippen LogP contribution in [0.5, 0.6) is 0 Å². The molecule has 0 aromatic carbocycles. The van der Waals surface area contributed by atoms with Gasteiger partial charge in [0.1, 0.15) is 0 Å². The first-order chi connectivity index (χ1) is 4.45. The van der Waals surface area contributed by atoms with Crippen molar-refractivity contribution >= 4 is 38.8 Å². The Balaban J connectivity index is 0. The highest BCUT2D eigenvalue weighted by molar-refractivity contribution is 6.65. The van der Waals surface area contributed by atoms with Crippen LogP contribution in [0.4, 0.5) is 0 Å². The van der Waals surface area contributed by atoms with Crippen LogP contribution in [0.3, 0.4) is 0 Å². The molecule has 0 spiro atoms. The largest absolute Gasteiger partial charge is 0.481 e. The Labute approximate surface area is 80.0 Å². The van der Waals surface area contributed by atoms with Gasteiger partial charge in [-0.2, -0.15) is 0 Å². The van der Waals surface area contributed by atoms with E-state index in [1.54, 1.807) is 6.92 Å². The van der Waals surface area contributed by atoms with E-state index in [1.165, 1.54) is 0 Å². The summed E-state index contributed by atoms with van der Waals surface area (Å²) in [6, 6.07) is 0. The number of carboxylic acids is 1. The van der Waals surface area contributed by atoms with Crippen molar-refractivity contribution in [3.63, 3.8) is 0 Å². The van der Waals surface area contributed by atoms with E-state index in [4.69, 9.17) is 16.7 Å². The first kappa shape index (κ1) is 13.8. The normalized spacial score (nSPS) is 15.4. The van der Waals surface area contributed by atoms with Crippen molar-refractivity contribution < 1.29 is 9.90 Å². The van der Waals surface area contributed by atoms with Crippen LogP contribution in [0, 0.1) is 0 Å². The lowest BCUT2D eigenvalue weighted by Crippen LogP contribution is -2.34. The van der Waals surface area contributed by atoms with Crippen molar-refractivity contribution in [3.8, 4) is 0 Å². The Morgan fingerprint density at radius 2 is 2.00 bits per heavy atom. The standard InChI is InChI=1S/C6H13ClO2Si.ClH/c1-6(4-7,5(8)9)10(2)3;/h10H,4H2,1-3H3,(H,8,9);1H. The molecule has 0 saturated carbocycles. The van der Waals surface area contributed by atoms with Crippen molar-refractivity contribution in [3.05, 3.63) is 0 Å². The lowest BCUT2D eigenvalue weighted by Gasteiger charge is -2.24. The predicted octanol–water partition coefficient (Wildman–Crippen LogP) is 1.98. The van der Waals surface area contributed by atoms with Gasteiger partial charge in [0.15, 0.2) is 0 Å². The minimum Gasteiger partial charge on any atom is -0.481 e. The molecular formula is C6H14Cl2O2Si. The highest BCUT2D eigenvalue weighted by Gasteiger charge is 2.36. The Morgan fingerprint density at radius 1 is 1.64 bits per heavy atom. The van der Waals surface area contributed by atoms with Crippen LogP contribution in [0.25, 0.3) is 0 Å². The summed E-state index contributed by atoms with van der Waals surface area (Å²) in [6.45, 7) is 5.71. The molecule has 0 aromatic heterocycles. The van der Waals surface area contributed by atoms with E-state index in [0.717, 1.165) is 0 Å². The van der Waals surface area contributed by atoms with Crippen molar-refractivity contribution in [2.75, 3.05) is 5.88 Å². The summed E-state index contributed by atoms with van der Waals surface area (Å²) in [4.78, 5) is 10.6. The van der Waals surface area contributed by atoms with Crippen molar-refractivity contribution in [2.24, 2.45) is 0 Å². The second-order valence-electron chi connectivity index (χ2n) is 3.01. The lowest BCUT2D eigenvalue weighted by atomic mass is 10.2. The van der Waals surface area contributed by atoms with Gasteiger partial charge < -0.3 is 5.11 Å². The molecule has 68 valence electrons. The van der Waals surface area contributed by atoms with E-state index < -0.39 is 19.8 Å². The third kappa shape index (κ3) is 3.01. The van der Waals surface area contributed by atoms with Crippen LogP contribution in [-0.2, 0) is 4.79 Å². The number of aliphatic carboxylic acids is 1. The SMILES string of the molecule is C[SiH](C)C(C)(CCl)C(=O)O.Cl. The van der Waals surface area contributed by atoms with Crippen molar-refractivity contribution in [1.29, 1.82) is 0 Å². The maximum atomic E-state index is 10.6. The zero-order valence-corrected chi connectivity index (χ0v) is 9.65. The molecule has 0 aliphatic carbocycles. The van der Waals surface area contributed by atoms with Crippen LogP contribution < -0.4 is 0 Å². The van der Waals surface area contributed by atoms with Crippen LogP contribution in [0.1, 0.15) is 6.92 Å². The monoisotopic (exact) mass is 216 g/mol. The molecule has 0 rings (SSSR count). The maximum Gasteiger partial charge on any atom is 0.307 e. The first-order valence-corrected chi connectivity index (χ1v) is 6.66. The molecule has 0 heterocycles. The molecule has 2 nitrogen and oxygen atoms in total. The fourth-order valence-electron chi connectivity index (χ4n) is 0.458. The van der Waals surface area contributed by atoms with E-state index in [-0.39, 0.29) is 18.3 Å².